The molecule has 20 heavy (non-hydrogen) atoms. The lowest BCUT2D eigenvalue weighted by atomic mass is 10.2. The molecule has 0 aliphatic rings. The lowest BCUT2D eigenvalue weighted by Gasteiger charge is -2.08. The summed E-state index contributed by atoms with van der Waals surface area (Å²) in [6.45, 7) is 2.39. The van der Waals surface area contributed by atoms with E-state index in [1.807, 2.05) is 43.3 Å². The van der Waals surface area contributed by atoms with E-state index in [-0.39, 0.29) is 5.75 Å². The van der Waals surface area contributed by atoms with E-state index in [9.17, 15) is 5.11 Å². The molecule has 0 heterocycles. The fourth-order valence-electron chi connectivity index (χ4n) is 1.63. The number of hydrogen-bond donors (Lipinski definition) is 2. The Kier molecular flexibility index (Phi) is 5.23. The second-order valence-corrected chi connectivity index (χ2v) is 5.18. The van der Waals surface area contributed by atoms with E-state index >= 15 is 0 Å². The van der Waals surface area contributed by atoms with Crippen molar-refractivity contribution in [1.29, 1.82) is 0 Å². The summed E-state index contributed by atoms with van der Waals surface area (Å²) in [6, 6.07) is 13.3. The smallest absolute Gasteiger partial charge is 0.171 e. The van der Waals surface area contributed by atoms with Crippen molar-refractivity contribution in [2.45, 2.75) is 6.92 Å². The van der Waals surface area contributed by atoms with Gasteiger partial charge in [-0.2, -0.15) is 5.10 Å². The molecule has 0 radical (unpaired) electrons. The van der Waals surface area contributed by atoms with E-state index in [1.165, 1.54) is 0 Å². The van der Waals surface area contributed by atoms with Gasteiger partial charge in [0.25, 0.3) is 0 Å². The third-order valence-corrected chi connectivity index (χ3v) is 3.35. The highest BCUT2D eigenvalue weighted by Crippen LogP contribution is 2.32. The largest absolute Gasteiger partial charge is 0.504 e. The Morgan fingerprint density at radius 2 is 2.05 bits per heavy atom. The monoisotopic (exact) mass is 382 g/mol. The van der Waals surface area contributed by atoms with Gasteiger partial charge < -0.3 is 9.84 Å². The third kappa shape index (κ3) is 3.86. The Morgan fingerprint density at radius 3 is 2.75 bits per heavy atom. The number of nitrogens with one attached hydrogen (secondary N) is 1. The summed E-state index contributed by atoms with van der Waals surface area (Å²) in [6.07, 6.45) is 1.69. The predicted molar refractivity (Wildman–Crippen MR) is 89.7 cm³/mol. The van der Waals surface area contributed by atoms with Gasteiger partial charge in [0.2, 0.25) is 0 Å². The minimum atomic E-state index is 0.167. The van der Waals surface area contributed by atoms with Crippen LogP contribution in [-0.4, -0.2) is 17.9 Å². The maximum atomic E-state index is 9.86. The van der Waals surface area contributed by atoms with Crippen molar-refractivity contribution in [3.8, 4) is 11.5 Å². The zero-order valence-electron chi connectivity index (χ0n) is 11.0. The van der Waals surface area contributed by atoms with Crippen molar-refractivity contribution >= 4 is 34.5 Å². The quantitative estimate of drug-likeness (QED) is 0.470. The number of hydrogen-bond acceptors (Lipinski definition) is 4. The number of nitrogens with zero attached hydrogens (tertiary/aromatic N) is 1. The van der Waals surface area contributed by atoms with Crippen molar-refractivity contribution in [1.82, 2.24) is 0 Å². The first-order valence-corrected chi connectivity index (χ1v) is 7.28. The molecule has 5 heteroatoms. The summed E-state index contributed by atoms with van der Waals surface area (Å²) >= 11 is 2.07. The molecule has 2 aromatic rings. The highest BCUT2D eigenvalue weighted by Gasteiger charge is 2.07. The lowest BCUT2D eigenvalue weighted by molar-refractivity contribution is 0.317. The maximum Gasteiger partial charge on any atom is 0.171 e. The summed E-state index contributed by atoms with van der Waals surface area (Å²) in [7, 11) is 0. The molecule has 0 unspecified atom stereocenters. The van der Waals surface area contributed by atoms with Crippen molar-refractivity contribution in [2.24, 2.45) is 5.10 Å². The van der Waals surface area contributed by atoms with Crippen LogP contribution in [0, 0.1) is 3.57 Å². The molecule has 0 amide bonds. The van der Waals surface area contributed by atoms with Crippen LogP contribution in [-0.2, 0) is 0 Å². The van der Waals surface area contributed by atoms with E-state index < -0.39 is 0 Å². The number of phenolic OH excluding ortho intramolecular Hbond substituents is 1. The van der Waals surface area contributed by atoms with E-state index in [0.29, 0.717) is 12.4 Å². The van der Waals surface area contributed by atoms with Crippen molar-refractivity contribution in [2.75, 3.05) is 12.0 Å². The molecule has 0 spiro atoms. The van der Waals surface area contributed by atoms with Crippen LogP contribution in [0.2, 0.25) is 0 Å². The first-order chi connectivity index (χ1) is 9.70. The van der Waals surface area contributed by atoms with Crippen LogP contribution in [0.5, 0.6) is 11.5 Å². The maximum absolute atomic E-state index is 9.86. The van der Waals surface area contributed by atoms with Gasteiger partial charge in [-0.3, -0.25) is 5.43 Å². The molecule has 0 atom stereocenters. The van der Waals surface area contributed by atoms with Gasteiger partial charge in [0.15, 0.2) is 11.5 Å². The van der Waals surface area contributed by atoms with Crippen LogP contribution in [0.4, 0.5) is 5.69 Å². The number of anilines is 1. The van der Waals surface area contributed by atoms with Gasteiger partial charge in [-0.1, -0.05) is 18.2 Å². The van der Waals surface area contributed by atoms with Crippen molar-refractivity contribution in [3.05, 3.63) is 51.6 Å². The number of phenols is 1. The number of hydrazone groups is 1. The van der Waals surface area contributed by atoms with Crippen LogP contribution in [0.1, 0.15) is 12.5 Å². The van der Waals surface area contributed by atoms with Crippen LogP contribution in [0.3, 0.4) is 0 Å². The van der Waals surface area contributed by atoms with Gasteiger partial charge >= 0.3 is 0 Å². The summed E-state index contributed by atoms with van der Waals surface area (Å²) < 4.78 is 6.12. The molecule has 104 valence electrons. The van der Waals surface area contributed by atoms with Gasteiger partial charge in [0.1, 0.15) is 0 Å². The highest BCUT2D eigenvalue weighted by atomic mass is 127. The lowest BCUT2D eigenvalue weighted by Crippen LogP contribution is -1.96. The fraction of sp³-hybridized carbons (Fsp3) is 0.133. The average Bonchev–Trinajstić information content (AvgIpc) is 2.45. The van der Waals surface area contributed by atoms with Crippen molar-refractivity contribution < 1.29 is 9.84 Å². The molecule has 0 saturated carbocycles. The normalized spacial score (nSPS) is 10.7. The topological polar surface area (TPSA) is 53.8 Å². The summed E-state index contributed by atoms with van der Waals surface area (Å²) in [5, 5.41) is 14.0. The molecule has 0 aliphatic heterocycles. The third-order valence-electron chi connectivity index (χ3n) is 2.53. The highest BCUT2D eigenvalue weighted by molar-refractivity contribution is 14.1. The second kappa shape index (κ2) is 7.14. The summed E-state index contributed by atoms with van der Waals surface area (Å²) in [5.74, 6) is 0.640. The molecule has 0 saturated heterocycles. The minimum absolute atomic E-state index is 0.167. The van der Waals surface area contributed by atoms with Crippen molar-refractivity contribution in [3.63, 3.8) is 0 Å². The average molecular weight is 382 g/mol. The number of aromatic hydroxyl groups is 1. The van der Waals surface area contributed by atoms with E-state index in [4.69, 9.17) is 4.74 Å². The first-order valence-electron chi connectivity index (χ1n) is 6.20. The van der Waals surface area contributed by atoms with Gasteiger partial charge in [-0.05, 0) is 59.3 Å². The number of ether oxygens (including phenoxy) is 1. The predicted octanol–water partition coefficient (Wildman–Crippen LogP) is 3.84. The van der Waals surface area contributed by atoms with Gasteiger partial charge in [-0.25, -0.2) is 0 Å². The number of para-hydroxylation sites is 1. The molecule has 0 aromatic heterocycles. The molecule has 2 N–H and O–H groups in total. The van der Waals surface area contributed by atoms with Crippen LogP contribution < -0.4 is 10.2 Å². The number of benzene rings is 2. The molecule has 0 fully saturated rings. The second-order valence-electron chi connectivity index (χ2n) is 4.02. The molecule has 2 aromatic carbocycles. The Bertz CT molecular complexity index is 600. The molecular weight excluding hydrogens is 367 g/mol. The molecule has 0 aliphatic carbocycles. The number of rotatable bonds is 5. The summed E-state index contributed by atoms with van der Waals surface area (Å²) in [5.41, 5.74) is 4.72. The molecular formula is C15H15IN2O2. The summed E-state index contributed by atoms with van der Waals surface area (Å²) in [4.78, 5) is 0. The number of halogens is 1. The van der Waals surface area contributed by atoms with E-state index in [2.05, 4.69) is 33.1 Å². The van der Waals surface area contributed by atoms with E-state index in [1.54, 1.807) is 12.3 Å². The van der Waals surface area contributed by atoms with Gasteiger partial charge in [0.05, 0.1) is 22.1 Å². The Morgan fingerprint density at radius 1 is 1.30 bits per heavy atom. The molecule has 2 rings (SSSR count). The fourth-order valence-corrected chi connectivity index (χ4v) is 2.25. The SMILES string of the molecule is CCOc1cc(C=NNc2ccccc2)cc(I)c1O. The first kappa shape index (κ1) is 14.6. The molecule has 0 bridgehead atoms. The van der Waals surface area contributed by atoms with Gasteiger partial charge in [-0.15, -0.1) is 0 Å². The van der Waals surface area contributed by atoms with Gasteiger partial charge in [0, 0.05) is 0 Å². The van der Waals surface area contributed by atoms with Crippen LogP contribution >= 0.6 is 22.6 Å². The zero-order valence-corrected chi connectivity index (χ0v) is 13.2. The van der Waals surface area contributed by atoms with E-state index in [0.717, 1.165) is 14.8 Å². The minimum Gasteiger partial charge on any atom is -0.504 e. The Hall–Kier alpha value is -1.76. The standard InChI is InChI=1S/C15H15IN2O2/c1-2-20-14-9-11(8-13(16)15(14)19)10-17-18-12-6-4-3-5-7-12/h3-10,18-19H,2H2,1H3. The van der Waals surface area contributed by atoms with Crippen LogP contribution in [0.15, 0.2) is 47.6 Å². The Labute approximate surface area is 131 Å². The zero-order chi connectivity index (χ0) is 14.4. The van der Waals surface area contributed by atoms with Crippen LogP contribution in [0.25, 0.3) is 0 Å². The molecule has 4 nitrogen and oxygen atoms in total. The Balaban J connectivity index is 2.13.